The minimum atomic E-state index is -1.09. The van der Waals surface area contributed by atoms with E-state index in [9.17, 15) is 9.32 Å². The molecule has 3 heterocycles. The summed E-state index contributed by atoms with van der Waals surface area (Å²) in [6.07, 6.45) is 2.47. The van der Waals surface area contributed by atoms with Gasteiger partial charge in [-0.1, -0.05) is 37.1 Å². The predicted molar refractivity (Wildman–Crippen MR) is 122 cm³/mol. The molecule has 2 aliphatic heterocycles. The largest absolute Gasteiger partial charge is 0.394 e. The van der Waals surface area contributed by atoms with Crippen molar-refractivity contribution in [2.75, 3.05) is 53.7 Å². The number of rotatable bonds is 7. The maximum Gasteiger partial charge on any atom is 0.227 e. The summed E-state index contributed by atoms with van der Waals surface area (Å²) in [6, 6.07) is 7.81. The molecule has 0 aliphatic carbocycles. The third kappa shape index (κ3) is 4.40. The van der Waals surface area contributed by atoms with E-state index in [1.54, 1.807) is 0 Å². The van der Waals surface area contributed by atoms with Crippen molar-refractivity contribution in [3.63, 3.8) is 0 Å². The zero-order valence-corrected chi connectivity index (χ0v) is 18.8. The van der Waals surface area contributed by atoms with Crippen LogP contribution in [0.5, 0.6) is 0 Å². The maximum absolute atomic E-state index is 12.5. The molecule has 0 spiro atoms. The lowest BCUT2D eigenvalue weighted by Gasteiger charge is -2.36. The molecule has 162 valence electrons. The number of halogens is 1. The highest BCUT2D eigenvalue weighted by atomic mass is 35.5. The van der Waals surface area contributed by atoms with Gasteiger partial charge < -0.3 is 20.2 Å². The molecule has 30 heavy (non-hydrogen) atoms. The van der Waals surface area contributed by atoms with Crippen LogP contribution in [0.1, 0.15) is 25.5 Å². The van der Waals surface area contributed by atoms with Crippen LogP contribution in [0.3, 0.4) is 0 Å². The number of fused-ring (bicyclic) bond motifs is 1. The second-order valence-electron chi connectivity index (χ2n) is 7.69. The highest BCUT2D eigenvalue weighted by Crippen LogP contribution is 2.31. The monoisotopic (exact) mass is 449 g/mol. The Bertz CT molecular complexity index is 920. The van der Waals surface area contributed by atoms with Gasteiger partial charge in [0.15, 0.2) is 0 Å². The second kappa shape index (κ2) is 9.49. The van der Waals surface area contributed by atoms with Crippen molar-refractivity contribution >= 4 is 39.9 Å². The Balaban J connectivity index is 1.54. The molecule has 2 aromatic rings. The second-order valence-corrected chi connectivity index (χ2v) is 9.60. The van der Waals surface area contributed by atoms with Crippen molar-refractivity contribution in [3.05, 3.63) is 35.0 Å². The Morgan fingerprint density at radius 1 is 1.20 bits per heavy atom. The summed E-state index contributed by atoms with van der Waals surface area (Å²) in [5.41, 5.74) is 1.92. The van der Waals surface area contributed by atoms with E-state index < -0.39 is 10.8 Å². The van der Waals surface area contributed by atoms with E-state index in [2.05, 4.69) is 22.0 Å². The van der Waals surface area contributed by atoms with Gasteiger partial charge in [0.2, 0.25) is 5.95 Å². The molecule has 0 saturated carbocycles. The minimum absolute atomic E-state index is 0.0189. The molecule has 0 amide bonds. The average Bonchev–Trinajstić information content (AvgIpc) is 3.15. The summed E-state index contributed by atoms with van der Waals surface area (Å²) in [5, 5.41) is 13.8. The summed E-state index contributed by atoms with van der Waals surface area (Å²) in [6.45, 7) is 5.32. The van der Waals surface area contributed by atoms with Gasteiger partial charge in [0, 0.05) is 38.4 Å². The van der Waals surface area contributed by atoms with Gasteiger partial charge in [-0.25, -0.2) is 4.98 Å². The number of benzene rings is 1. The van der Waals surface area contributed by atoms with E-state index in [4.69, 9.17) is 21.6 Å². The zero-order chi connectivity index (χ0) is 21.1. The first-order valence-corrected chi connectivity index (χ1v) is 12.2. The molecule has 2 atom stereocenters. The van der Waals surface area contributed by atoms with Crippen LogP contribution >= 0.6 is 11.6 Å². The van der Waals surface area contributed by atoms with Crippen LogP contribution in [0.2, 0.25) is 5.02 Å². The fourth-order valence-electron chi connectivity index (χ4n) is 4.03. The van der Waals surface area contributed by atoms with E-state index in [1.165, 1.54) is 0 Å². The van der Waals surface area contributed by atoms with Crippen molar-refractivity contribution in [1.29, 1.82) is 0 Å². The minimum Gasteiger partial charge on any atom is -0.394 e. The summed E-state index contributed by atoms with van der Waals surface area (Å²) in [7, 11) is -1.09. The highest BCUT2D eigenvalue weighted by molar-refractivity contribution is 7.85. The Morgan fingerprint density at radius 3 is 2.63 bits per heavy atom. The quantitative estimate of drug-likeness (QED) is 0.672. The van der Waals surface area contributed by atoms with Gasteiger partial charge in [0.1, 0.15) is 10.7 Å². The van der Waals surface area contributed by atoms with Crippen molar-refractivity contribution in [3.8, 4) is 0 Å². The van der Waals surface area contributed by atoms with Gasteiger partial charge in [0.05, 0.1) is 39.9 Å². The summed E-state index contributed by atoms with van der Waals surface area (Å²) in [5.74, 6) is 1.87. The lowest BCUT2D eigenvalue weighted by Crippen LogP contribution is -2.47. The molecule has 0 radical (unpaired) electrons. The first kappa shape index (κ1) is 21.3. The molecular formula is C21H28ClN5O2S. The normalized spacial score (nSPS) is 19.6. The number of aliphatic hydroxyl groups excluding tert-OH is 1. The van der Waals surface area contributed by atoms with E-state index >= 15 is 0 Å². The molecule has 2 N–H and O–H groups in total. The van der Waals surface area contributed by atoms with Crippen molar-refractivity contribution in [2.24, 2.45) is 0 Å². The van der Waals surface area contributed by atoms with E-state index in [0.717, 1.165) is 55.4 Å². The van der Waals surface area contributed by atoms with Gasteiger partial charge >= 0.3 is 0 Å². The third-order valence-electron chi connectivity index (χ3n) is 5.63. The Labute approximate surface area is 184 Å². The van der Waals surface area contributed by atoms with Gasteiger partial charge in [-0.05, 0) is 18.6 Å². The maximum atomic E-state index is 12.5. The van der Waals surface area contributed by atoms with E-state index in [0.29, 0.717) is 28.8 Å². The summed E-state index contributed by atoms with van der Waals surface area (Å²) in [4.78, 5) is 14.7. The number of hydrogen-bond acceptors (Lipinski definition) is 7. The van der Waals surface area contributed by atoms with Gasteiger partial charge in [-0.15, -0.1) is 0 Å². The fourth-order valence-corrected chi connectivity index (χ4v) is 5.60. The van der Waals surface area contributed by atoms with Gasteiger partial charge in [-0.2, -0.15) is 4.98 Å². The van der Waals surface area contributed by atoms with Crippen LogP contribution < -0.4 is 15.1 Å². The molecule has 1 aromatic carbocycles. The zero-order valence-electron chi connectivity index (χ0n) is 17.2. The van der Waals surface area contributed by atoms with Crippen LogP contribution in [0.25, 0.3) is 0 Å². The molecule has 4 rings (SSSR count). The van der Waals surface area contributed by atoms with Crippen LogP contribution in [-0.2, 0) is 17.2 Å². The number of aliphatic hydroxyl groups is 1. The molecular weight excluding hydrogens is 422 g/mol. The van der Waals surface area contributed by atoms with Crippen molar-refractivity contribution in [2.45, 2.75) is 37.1 Å². The molecule has 0 bridgehead atoms. The number of anilines is 3. The Morgan fingerprint density at radius 2 is 1.93 bits per heavy atom. The standard InChI is InChI=1S/C21H28ClN5O2S/c1-2-5-15(14-28)23-20-19-17(8-13-30(19)29)24-21(25-20)27-11-9-26(10-12-27)18-7-4-3-6-16(18)22/h3-4,6-7,15,28H,2,5,8-14H2,1H3,(H,23,24,25). The Kier molecular flexibility index (Phi) is 6.75. The predicted octanol–water partition coefficient (Wildman–Crippen LogP) is 2.69. The number of hydrogen-bond donors (Lipinski definition) is 2. The molecule has 2 unspecified atom stereocenters. The topological polar surface area (TPSA) is 81.6 Å². The van der Waals surface area contributed by atoms with Gasteiger partial charge in [0.25, 0.3) is 0 Å². The third-order valence-corrected chi connectivity index (χ3v) is 7.41. The van der Waals surface area contributed by atoms with Crippen LogP contribution in [0, 0.1) is 0 Å². The number of para-hydroxylation sites is 1. The summed E-state index contributed by atoms with van der Waals surface area (Å²) < 4.78 is 12.5. The van der Waals surface area contributed by atoms with Crippen LogP contribution in [0.4, 0.5) is 17.5 Å². The molecule has 1 fully saturated rings. The Hall–Kier alpha value is -1.90. The number of nitrogens with zero attached hydrogens (tertiary/aromatic N) is 4. The first-order valence-electron chi connectivity index (χ1n) is 10.5. The molecule has 9 heteroatoms. The number of aromatic nitrogens is 2. The average molecular weight is 450 g/mol. The number of nitrogens with one attached hydrogen (secondary N) is 1. The smallest absolute Gasteiger partial charge is 0.227 e. The van der Waals surface area contributed by atoms with E-state index in [-0.39, 0.29) is 12.6 Å². The van der Waals surface area contributed by atoms with Crippen molar-refractivity contribution < 1.29 is 9.32 Å². The van der Waals surface area contributed by atoms with Gasteiger partial charge in [-0.3, -0.25) is 4.21 Å². The van der Waals surface area contributed by atoms with Crippen LogP contribution in [-0.4, -0.2) is 63.9 Å². The fraction of sp³-hybridized carbons (Fsp3) is 0.524. The molecule has 7 nitrogen and oxygen atoms in total. The van der Waals surface area contributed by atoms with Crippen LogP contribution in [0.15, 0.2) is 29.2 Å². The molecule has 2 aliphatic rings. The number of aryl methyl sites for hydroxylation is 1. The first-order chi connectivity index (χ1) is 14.6. The lowest BCUT2D eigenvalue weighted by atomic mass is 10.2. The number of piperazine rings is 1. The van der Waals surface area contributed by atoms with E-state index in [1.807, 2.05) is 24.3 Å². The highest BCUT2D eigenvalue weighted by Gasteiger charge is 2.29. The summed E-state index contributed by atoms with van der Waals surface area (Å²) >= 11 is 6.36. The lowest BCUT2D eigenvalue weighted by molar-refractivity contribution is 0.268. The molecule has 1 saturated heterocycles. The molecule has 1 aromatic heterocycles. The van der Waals surface area contributed by atoms with Crippen molar-refractivity contribution in [1.82, 2.24) is 9.97 Å². The SMILES string of the molecule is CCCC(CO)Nc1nc(N2CCN(c3ccccc3Cl)CC2)nc2c1S(=O)CC2.